The van der Waals surface area contributed by atoms with E-state index in [0.29, 0.717) is 11.3 Å². The maximum Gasteiger partial charge on any atom is 0.0994 e. The summed E-state index contributed by atoms with van der Waals surface area (Å²) in [5, 5.41) is 9.36. The van der Waals surface area contributed by atoms with Crippen LogP contribution in [0.25, 0.3) is 5.57 Å². The fourth-order valence-corrected chi connectivity index (χ4v) is 2.73. The number of anilines is 1. The molecule has 0 atom stereocenters. The quantitative estimate of drug-likeness (QED) is 0.659. The zero-order chi connectivity index (χ0) is 20.4. The number of allylic oxidation sites excluding steroid dienone is 1. The van der Waals surface area contributed by atoms with Gasteiger partial charge in [0.2, 0.25) is 0 Å². The number of unbranched alkanes of at least 4 members (excludes halogenated alkanes) is 2. The molecule has 0 radical (unpaired) electrons. The van der Waals surface area contributed by atoms with Gasteiger partial charge in [0, 0.05) is 11.8 Å². The number of nitrogens with two attached hydrogens (primary N) is 1. The highest BCUT2D eigenvalue weighted by Gasteiger charge is 2.14. The zero-order valence-electron chi connectivity index (χ0n) is 17.7. The number of hydrogen-bond acceptors (Lipinski definition) is 3. The van der Waals surface area contributed by atoms with Crippen molar-refractivity contribution in [3.05, 3.63) is 64.0 Å². The van der Waals surface area contributed by atoms with Crippen molar-refractivity contribution in [1.29, 1.82) is 5.26 Å². The molecule has 1 aromatic heterocycles. The van der Waals surface area contributed by atoms with Crippen LogP contribution >= 0.6 is 0 Å². The van der Waals surface area contributed by atoms with E-state index in [-0.39, 0.29) is 0 Å². The molecule has 0 aliphatic heterocycles. The summed E-state index contributed by atoms with van der Waals surface area (Å²) in [6, 6.07) is 6.34. The minimum Gasteiger partial charge on any atom is -0.397 e. The molecule has 1 aromatic carbocycles. The number of rotatable bonds is 5. The second-order valence-electron chi connectivity index (χ2n) is 6.90. The molecule has 2 rings (SSSR count). The molecular formula is C24H33N3. The van der Waals surface area contributed by atoms with E-state index in [2.05, 4.69) is 50.9 Å². The summed E-state index contributed by atoms with van der Waals surface area (Å²) in [6.07, 6.45) is 10.4. The third-order valence-electron chi connectivity index (χ3n) is 4.66. The molecule has 0 fully saturated rings. The number of benzene rings is 1. The van der Waals surface area contributed by atoms with Gasteiger partial charge < -0.3 is 5.73 Å². The lowest BCUT2D eigenvalue weighted by Gasteiger charge is -2.16. The molecule has 1 heterocycles. The normalized spacial score (nSPS) is 10.8. The first-order valence-corrected chi connectivity index (χ1v) is 9.83. The van der Waals surface area contributed by atoms with Crippen molar-refractivity contribution in [2.75, 3.05) is 5.73 Å². The maximum absolute atomic E-state index is 9.36. The van der Waals surface area contributed by atoms with E-state index in [1.165, 1.54) is 12.8 Å². The number of nitrogens with zero attached hydrogens (tertiary/aromatic N) is 2. The van der Waals surface area contributed by atoms with E-state index in [1.807, 2.05) is 26.1 Å². The third-order valence-corrected chi connectivity index (χ3v) is 4.66. The highest BCUT2D eigenvalue weighted by atomic mass is 14.7. The molecule has 144 valence electrons. The molecular weight excluding hydrogens is 330 g/mol. The Morgan fingerprint density at radius 2 is 1.67 bits per heavy atom. The van der Waals surface area contributed by atoms with Crippen LogP contribution in [0.3, 0.4) is 0 Å². The molecule has 0 saturated heterocycles. The molecule has 2 N–H and O–H groups in total. The number of aromatic nitrogens is 1. The maximum atomic E-state index is 9.36. The first-order valence-electron chi connectivity index (χ1n) is 9.83. The zero-order valence-corrected chi connectivity index (χ0v) is 17.7. The Balaban J connectivity index is 0.000000828. The number of nitrogen functional groups attached to an aromatic ring is 1. The number of hydrogen-bond donors (Lipinski definition) is 1. The number of pyridine rings is 1. The van der Waals surface area contributed by atoms with Crippen molar-refractivity contribution < 1.29 is 0 Å². The second-order valence-corrected chi connectivity index (χ2v) is 6.90. The van der Waals surface area contributed by atoms with Gasteiger partial charge in [-0.3, -0.25) is 4.98 Å². The number of aryl methyl sites for hydroxylation is 2. The smallest absolute Gasteiger partial charge is 0.0994 e. The van der Waals surface area contributed by atoms with Gasteiger partial charge in [0.15, 0.2) is 0 Å². The highest BCUT2D eigenvalue weighted by Crippen LogP contribution is 2.32. The molecule has 0 amide bonds. The minimum absolute atomic E-state index is 0.690. The molecule has 27 heavy (non-hydrogen) atoms. The van der Waals surface area contributed by atoms with Crippen LogP contribution in [0, 0.1) is 32.1 Å². The topological polar surface area (TPSA) is 62.7 Å². The van der Waals surface area contributed by atoms with Gasteiger partial charge in [-0.25, -0.2) is 0 Å². The molecule has 0 saturated carbocycles. The second kappa shape index (κ2) is 11.2. The summed E-state index contributed by atoms with van der Waals surface area (Å²) >= 11 is 0. The molecule has 0 unspecified atom stereocenters. The van der Waals surface area contributed by atoms with E-state index in [1.54, 1.807) is 6.20 Å². The molecule has 3 heteroatoms. The Morgan fingerprint density at radius 1 is 1.00 bits per heavy atom. The number of nitriles is 1. The molecule has 0 aliphatic carbocycles. The van der Waals surface area contributed by atoms with Gasteiger partial charge in [-0.05, 0) is 61.1 Å². The van der Waals surface area contributed by atoms with Crippen molar-refractivity contribution in [3.8, 4) is 6.07 Å². The van der Waals surface area contributed by atoms with E-state index in [0.717, 1.165) is 46.2 Å². The van der Waals surface area contributed by atoms with Gasteiger partial charge in [-0.15, -0.1) is 0 Å². The molecule has 0 spiro atoms. The van der Waals surface area contributed by atoms with E-state index in [4.69, 9.17) is 5.73 Å². The predicted octanol–water partition coefficient (Wildman–Crippen LogP) is 6.50. The largest absolute Gasteiger partial charge is 0.397 e. The Kier molecular flexibility index (Phi) is 9.30. The van der Waals surface area contributed by atoms with Crippen molar-refractivity contribution in [2.45, 2.75) is 67.2 Å². The van der Waals surface area contributed by atoms with Crippen molar-refractivity contribution in [2.24, 2.45) is 0 Å². The first-order chi connectivity index (χ1) is 12.9. The van der Waals surface area contributed by atoms with Crippen molar-refractivity contribution >= 4 is 11.3 Å². The minimum atomic E-state index is 0.690. The summed E-state index contributed by atoms with van der Waals surface area (Å²) in [5.41, 5.74) is 13.9. The fourth-order valence-electron chi connectivity index (χ4n) is 2.73. The van der Waals surface area contributed by atoms with Crippen LogP contribution in [0.2, 0.25) is 0 Å². The van der Waals surface area contributed by atoms with Gasteiger partial charge >= 0.3 is 0 Å². The predicted molar refractivity (Wildman–Crippen MR) is 117 cm³/mol. The van der Waals surface area contributed by atoms with Crippen molar-refractivity contribution in [3.63, 3.8) is 0 Å². The average molecular weight is 364 g/mol. The molecule has 2 aromatic rings. The Morgan fingerprint density at radius 3 is 2.22 bits per heavy atom. The average Bonchev–Trinajstić information content (AvgIpc) is 2.66. The lowest BCUT2D eigenvalue weighted by atomic mass is 9.89. The van der Waals surface area contributed by atoms with Crippen LogP contribution in [0.1, 0.15) is 79.8 Å². The van der Waals surface area contributed by atoms with E-state index >= 15 is 0 Å². The fraction of sp³-hybridized carbons (Fsp3) is 0.417. The van der Waals surface area contributed by atoms with Crippen LogP contribution in [-0.4, -0.2) is 4.98 Å². The monoisotopic (exact) mass is 363 g/mol. The van der Waals surface area contributed by atoms with Crippen LogP contribution in [0.5, 0.6) is 0 Å². The summed E-state index contributed by atoms with van der Waals surface area (Å²) < 4.78 is 0. The summed E-state index contributed by atoms with van der Waals surface area (Å²) in [4.78, 5) is 4.26. The molecule has 0 bridgehead atoms. The Bertz CT molecular complexity index is 824. The first kappa shape index (κ1) is 22.4. The van der Waals surface area contributed by atoms with E-state index in [9.17, 15) is 5.26 Å². The van der Waals surface area contributed by atoms with Crippen LogP contribution in [-0.2, 0) is 0 Å². The molecule has 0 aliphatic rings. The van der Waals surface area contributed by atoms with E-state index < -0.39 is 0 Å². The van der Waals surface area contributed by atoms with Crippen molar-refractivity contribution in [1.82, 2.24) is 4.98 Å². The Labute approximate surface area is 165 Å². The SMILES string of the molecule is CCC/C=C(\c1cc(C#N)c(C)cc1C)c1cncc(N)c1C.CCCC. The lowest BCUT2D eigenvalue weighted by molar-refractivity contribution is 0.886. The molecule has 3 nitrogen and oxygen atoms in total. The van der Waals surface area contributed by atoms with Gasteiger partial charge in [-0.1, -0.05) is 52.2 Å². The highest BCUT2D eigenvalue weighted by molar-refractivity contribution is 5.84. The summed E-state index contributed by atoms with van der Waals surface area (Å²) in [7, 11) is 0. The Hall–Kier alpha value is -2.60. The van der Waals surface area contributed by atoms with Gasteiger partial charge in [0.1, 0.15) is 0 Å². The summed E-state index contributed by atoms with van der Waals surface area (Å²) in [5.74, 6) is 0. The summed E-state index contributed by atoms with van der Waals surface area (Å²) in [6.45, 7) is 12.6. The third kappa shape index (κ3) is 5.96. The lowest BCUT2D eigenvalue weighted by Crippen LogP contribution is -2.01. The van der Waals surface area contributed by atoms with Crippen LogP contribution < -0.4 is 5.73 Å². The van der Waals surface area contributed by atoms with Crippen LogP contribution in [0.4, 0.5) is 5.69 Å². The van der Waals surface area contributed by atoms with Gasteiger partial charge in [0.05, 0.1) is 23.5 Å². The standard InChI is InChI=1S/C20H23N3.C4H10/c1-5-6-7-17(19-11-23-12-20(22)15(19)4)18-9-16(10-21)13(2)8-14(18)3;1-3-4-2/h7-9,11-12H,5-6,22H2,1-4H3;3-4H2,1-2H3/b17-7+;. The van der Waals surface area contributed by atoms with Gasteiger partial charge in [-0.2, -0.15) is 5.26 Å². The van der Waals surface area contributed by atoms with Gasteiger partial charge in [0.25, 0.3) is 0 Å². The van der Waals surface area contributed by atoms with Crippen LogP contribution in [0.15, 0.2) is 30.6 Å².